The Morgan fingerprint density at radius 2 is 1.90 bits per heavy atom. The average Bonchev–Trinajstić information content (AvgIpc) is 2.79. The lowest BCUT2D eigenvalue weighted by Crippen LogP contribution is -2.21. The minimum atomic E-state index is -0.464. The molecule has 2 rings (SSSR count). The number of amides is 2. The lowest BCUT2D eigenvalue weighted by molar-refractivity contribution is -0.125. The second kappa shape index (κ2) is 5.63. The molecule has 20 heavy (non-hydrogen) atoms. The molecule has 0 aromatic heterocycles. The fraction of sp³-hybridized carbons (Fsp3) is 0.154. The first-order valence-corrected chi connectivity index (χ1v) is 5.71. The topological polar surface area (TPSA) is 118 Å². The third-order valence-corrected chi connectivity index (χ3v) is 2.79. The number of anilines is 1. The molecule has 1 atom stereocenters. The van der Waals surface area contributed by atoms with Gasteiger partial charge in [0.25, 0.3) is 0 Å². The van der Waals surface area contributed by atoms with Crippen molar-refractivity contribution in [2.75, 3.05) is 5.43 Å². The molecule has 2 amide bonds. The van der Waals surface area contributed by atoms with Gasteiger partial charge < -0.3 is 0 Å². The van der Waals surface area contributed by atoms with Gasteiger partial charge in [0, 0.05) is 6.42 Å². The standard InChI is InChI=1S/C13H9N5O2/c14-6-10(7-15)18-17-9-3-1-8(2-4-9)11-5-12(19)16-13(11)20/h1-4,11,17H,5H2,(H,16,19,20). The number of hydrogen-bond donors (Lipinski definition) is 2. The van der Waals surface area contributed by atoms with Crippen LogP contribution in [0.2, 0.25) is 0 Å². The van der Waals surface area contributed by atoms with Crippen LogP contribution < -0.4 is 10.7 Å². The third-order valence-electron chi connectivity index (χ3n) is 2.79. The molecule has 1 saturated heterocycles. The minimum Gasteiger partial charge on any atom is -0.296 e. The Hall–Kier alpha value is -3.19. The summed E-state index contributed by atoms with van der Waals surface area (Å²) in [4.78, 5) is 22.6. The van der Waals surface area contributed by atoms with Crippen molar-refractivity contribution in [3.05, 3.63) is 29.8 Å². The molecule has 2 N–H and O–H groups in total. The number of imide groups is 1. The third kappa shape index (κ3) is 2.79. The first-order chi connectivity index (χ1) is 9.63. The number of nitrogens with one attached hydrogen (secondary N) is 2. The van der Waals surface area contributed by atoms with E-state index in [1.807, 2.05) is 0 Å². The molecule has 1 aromatic rings. The van der Waals surface area contributed by atoms with Crippen LogP contribution in [-0.4, -0.2) is 17.5 Å². The Kier molecular flexibility index (Phi) is 3.73. The fourth-order valence-electron chi connectivity index (χ4n) is 1.81. The Morgan fingerprint density at radius 1 is 1.25 bits per heavy atom. The smallest absolute Gasteiger partial charge is 0.237 e. The van der Waals surface area contributed by atoms with Crippen LogP contribution in [-0.2, 0) is 9.59 Å². The number of nitrogens with zero attached hydrogens (tertiary/aromatic N) is 3. The van der Waals surface area contributed by atoms with Crippen molar-refractivity contribution in [2.24, 2.45) is 5.10 Å². The first-order valence-electron chi connectivity index (χ1n) is 5.71. The summed E-state index contributed by atoms with van der Waals surface area (Å²) in [7, 11) is 0. The zero-order valence-electron chi connectivity index (χ0n) is 10.3. The maximum Gasteiger partial charge on any atom is 0.237 e. The van der Waals surface area contributed by atoms with Crippen molar-refractivity contribution >= 4 is 23.2 Å². The molecule has 1 unspecified atom stereocenters. The molecule has 0 spiro atoms. The van der Waals surface area contributed by atoms with Gasteiger partial charge in [-0.15, -0.1) is 0 Å². The first kappa shape index (κ1) is 13.2. The highest BCUT2D eigenvalue weighted by Gasteiger charge is 2.31. The molecule has 1 aliphatic rings. The number of hydrogen-bond acceptors (Lipinski definition) is 6. The highest BCUT2D eigenvalue weighted by atomic mass is 16.2. The molecule has 0 aliphatic carbocycles. The zero-order chi connectivity index (χ0) is 14.5. The van der Waals surface area contributed by atoms with Gasteiger partial charge in [0.1, 0.15) is 12.1 Å². The highest BCUT2D eigenvalue weighted by molar-refractivity contribution is 6.10. The van der Waals surface area contributed by atoms with Crippen molar-refractivity contribution in [3.63, 3.8) is 0 Å². The summed E-state index contributed by atoms with van der Waals surface area (Å²) in [6, 6.07) is 9.94. The van der Waals surface area contributed by atoms with Gasteiger partial charge in [-0.05, 0) is 17.7 Å². The van der Waals surface area contributed by atoms with E-state index in [4.69, 9.17) is 10.5 Å². The van der Waals surface area contributed by atoms with Gasteiger partial charge in [0.05, 0.1) is 11.6 Å². The van der Waals surface area contributed by atoms with E-state index < -0.39 is 5.92 Å². The van der Waals surface area contributed by atoms with Crippen LogP contribution in [0.1, 0.15) is 17.9 Å². The molecule has 0 bridgehead atoms. The molecule has 7 nitrogen and oxygen atoms in total. The van der Waals surface area contributed by atoms with Gasteiger partial charge in [-0.3, -0.25) is 20.3 Å². The zero-order valence-corrected chi connectivity index (χ0v) is 10.3. The molecule has 1 aliphatic heterocycles. The predicted octanol–water partition coefficient (Wildman–Crippen LogP) is 0.632. The molecular formula is C13H9N5O2. The van der Waals surface area contributed by atoms with Crippen LogP contribution in [0.4, 0.5) is 5.69 Å². The SMILES string of the molecule is N#CC(C#N)=NNc1ccc(C2CC(=O)NC2=O)cc1. The van der Waals surface area contributed by atoms with Crippen LogP contribution in [0.25, 0.3) is 0 Å². The van der Waals surface area contributed by atoms with E-state index in [1.54, 1.807) is 36.4 Å². The minimum absolute atomic E-state index is 0.150. The summed E-state index contributed by atoms with van der Waals surface area (Å²) in [6.07, 6.45) is 0.150. The second-order valence-corrected chi connectivity index (χ2v) is 4.09. The normalized spacial score (nSPS) is 16.8. The molecule has 7 heteroatoms. The average molecular weight is 267 g/mol. The van der Waals surface area contributed by atoms with Gasteiger partial charge in [0.2, 0.25) is 17.5 Å². The van der Waals surface area contributed by atoms with E-state index in [0.717, 1.165) is 5.56 Å². The van der Waals surface area contributed by atoms with Crippen LogP contribution in [0.3, 0.4) is 0 Å². The molecule has 0 radical (unpaired) electrons. The van der Waals surface area contributed by atoms with E-state index >= 15 is 0 Å². The van der Waals surface area contributed by atoms with Gasteiger partial charge >= 0.3 is 0 Å². The van der Waals surface area contributed by atoms with Gasteiger partial charge in [0.15, 0.2) is 0 Å². The number of rotatable bonds is 3. The molecule has 98 valence electrons. The Morgan fingerprint density at radius 3 is 2.40 bits per heavy atom. The monoisotopic (exact) mass is 267 g/mol. The van der Waals surface area contributed by atoms with E-state index in [0.29, 0.717) is 5.69 Å². The van der Waals surface area contributed by atoms with E-state index in [9.17, 15) is 9.59 Å². The lowest BCUT2D eigenvalue weighted by atomic mass is 9.97. The van der Waals surface area contributed by atoms with Gasteiger partial charge in [-0.25, -0.2) is 0 Å². The number of benzene rings is 1. The van der Waals surface area contributed by atoms with Crippen LogP contribution in [0.15, 0.2) is 29.4 Å². The molecular weight excluding hydrogens is 258 g/mol. The Labute approximate surface area is 114 Å². The summed E-state index contributed by atoms with van der Waals surface area (Å²) in [5, 5.41) is 22.9. The molecule has 1 fully saturated rings. The highest BCUT2D eigenvalue weighted by Crippen LogP contribution is 2.25. The summed E-state index contributed by atoms with van der Waals surface area (Å²) >= 11 is 0. The molecule has 0 saturated carbocycles. The Bertz CT molecular complexity index is 647. The van der Waals surface area contributed by atoms with Crippen molar-refractivity contribution in [1.82, 2.24) is 5.32 Å². The van der Waals surface area contributed by atoms with Crippen molar-refractivity contribution in [1.29, 1.82) is 10.5 Å². The van der Waals surface area contributed by atoms with Crippen molar-refractivity contribution in [2.45, 2.75) is 12.3 Å². The van der Waals surface area contributed by atoms with E-state index in [2.05, 4.69) is 15.8 Å². The van der Waals surface area contributed by atoms with Crippen LogP contribution >= 0.6 is 0 Å². The number of carbonyl (C=O) groups excluding carboxylic acids is 2. The second-order valence-electron chi connectivity index (χ2n) is 4.09. The van der Waals surface area contributed by atoms with E-state index in [1.165, 1.54) is 0 Å². The number of carbonyl (C=O) groups is 2. The largest absolute Gasteiger partial charge is 0.296 e. The summed E-state index contributed by atoms with van der Waals surface area (Å²) in [5.74, 6) is -1.04. The van der Waals surface area contributed by atoms with E-state index in [-0.39, 0.29) is 23.9 Å². The molecule has 1 aromatic carbocycles. The lowest BCUT2D eigenvalue weighted by Gasteiger charge is -2.07. The number of hydrazone groups is 1. The van der Waals surface area contributed by atoms with Gasteiger partial charge in [-0.2, -0.15) is 15.6 Å². The molecule has 1 heterocycles. The fourth-order valence-corrected chi connectivity index (χ4v) is 1.81. The summed E-state index contributed by atoms with van der Waals surface area (Å²) in [6.45, 7) is 0. The maximum absolute atomic E-state index is 11.5. The van der Waals surface area contributed by atoms with Gasteiger partial charge in [-0.1, -0.05) is 12.1 Å². The summed E-state index contributed by atoms with van der Waals surface area (Å²) < 4.78 is 0. The van der Waals surface area contributed by atoms with Crippen molar-refractivity contribution in [3.8, 4) is 12.1 Å². The maximum atomic E-state index is 11.5. The van der Waals surface area contributed by atoms with Crippen LogP contribution in [0.5, 0.6) is 0 Å². The quantitative estimate of drug-likeness (QED) is 0.473. The van der Waals surface area contributed by atoms with Crippen LogP contribution in [0, 0.1) is 22.7 Å². The Balaban J connectivity index is 2.10. The van der Waals surface area contributed by atoms with Crippen molar-refractivity contribution < 1.29 is 9.59 Å². The number of nitriles is 2. The predicted molar refractivity (Wildman–Crippen MR) is 69.2 cm³/mol. The summed E-state index contributed by atoms with van der Waals surface area (Å²) in [5.41, 5.74) is 3.57.